The third kappa shape index (κ3) is 3.82. The van der Waals surface area contributed by atoms with Crippen LogP contribution in [-0.2, 0) is 0 Å². The summed E-state index contributed by atoms with van der Waals surface area (Å²) in [5.41, 5.74) is 7.01. The van der Waals surface area contributed by atoms with Gasteiger partial charge in [-0.05, 0) is 47.0 Å². The van der Waals surface area contributed by atoms with Crippen LogP contribution in [0.25, 0.3) is 0 Å². The summed E-state index contributed by atoms with van der Waals surface area (Å²) in [7, 11) is 0. The molecule has 1 rings (SSSR count). The van der Waals surface area contributed by atoms with Gasteiger partial charge in [0, 0.05) is 20.7 Å². The third-order valence-electron chi connectivity index (χ3n) is 2.38. The number of halogens is 1. The summed E-state index contributed by atoms with van der Waals surface area (Å²) in [6.07, 6.45) is 1.19. The van der Waals surface area contributed by atoms with E-state index in [1.807, 2.05) is 18.7 Å². The molecule has 2 atom stereocenters. The van der Waals surface area contributed by atoms with Crippen LogP contribution in [0.15, 0.2) is 27.6 Å². The van der Waals surface area contributed by atoms with E-state index in [9.17, 15) is 0 Å². The molecule has 2 N–H and O–H groups in total. The Morgan fingerprint density at radius 2 is 2.07 bits per heavy atom. The Hall–Kier alpha value is 0.01000. The molecule has 1 aromatic carbocycles. The molecule has 1 aromatic rings. The Kier molecular flexibility index (Phi) is 5.16. The summed E-state index contributed by atoms with van der Waals surface area (Å²) in [4.78, 5) is 1.30. The van der Waals surface area contributed by atoms with Crippen LogP contribution in [0.1, 0.15) is 38.8 Å². The first kappa shape index (κ1) is 13.1. The lowest BCUT2D eigenvalue weighted by Gasteiger charge is -2.12. The molecule has 0 aliphatic carbocycles. The monoisotopic (exact) mass is 287 g/mol. The molecule has 0 radical (unpaired) electrons. The van der Waals surface area contributed by atoms with Crippen LogP contribution in [0.2, 0.25) is 0 Å². The summed E-state index contributed by atoms with van der Waals surface area (Å²) in [6.45, 7) is 6.46. The smallest absolute Gasteiger partial charge is 0.0314 e. The van der Waals surface area contributed by atoms with E-state index >= 15 is 0 Å². The molecule has 0 fully saturated rings. The van der Waals surface area contributed by atoms with Gasteiger partial charge in [-0.1, -0.05) is 19.9 Å². The fourth-order valence-electron chi connectivity index (χ4n) is 1.20. The SMILES string of the molecule is CCC(C)Sc1ccc(C(C)N)cc1Br. The van der Waals surface area contributed by atoms with E-state index < -0.39 is 0 Å². The summed E-state index contributed by atoms with van der Waals surface area (Å²) < 4.78 is 1.16. The quantitative estimate of drug-likeness (QED) is 0.833. The Balaban J connectivity index is 2.83. The number of rotatable bonds is 4. The minimum atomic E-state index is 0.101. The molecule has 0 aromatic heterocycles. The van der Waals surface area contributed by atoms with Gasteiger partial charge in [-0.25, -0.2) is 0 Å². The summed E-state index contributed by atoms with van der Waals surface area (Å²) in [6, 6.07) is 6.48. The maximum atomic E-state index is 5.83. The molecule has 84 valence electrons. The molecule has 15 heavy (non-hydrogen) atoms. The molecule has 2 unspecified atom stereocenters. The van der Waals surface area contributed by atoms with Gasteiger partial charge >= 0.3 is 0 Å². The van der Waals surface area contributed by atoms with Crippen molar-refractivity contribution in [3.8, 4) is 0 Å². The fraction of sp³-hybridized carbons (Fsp3) is 0.500. The van der Waals surface area contributed by atoms with Crippen LogP contribution in [0.4, 0.5) is 0 Å². The second-order valence-electron chi connectivity index (χ2n) is 3.82. The average molecular weight is 288 g/mol. The highest BCUT2D eigenvalue weighted by atomic mass is 79.9. The number of hydrogen-bond donors (Lipinski definition) is 1. The normalized spacial score (nSPS) is 15.0. The molecule has 0 aliphatic heterocycles. The van der Waals surface area contributed by atoms with E-state index in [1.165, 1.54) is 16.9 Å². The van der Waals surface area contributed by atoms with Crippen molar-refractivity contribution < 1.29 is 0 Å². The van der Waals surface area contributed by atoms with Gasteiger partial charge in [0.1, 0.15) is 0 Å². The zero-order valence-corrected chi connectivity index (χ0v) is 11.9. The lowest BCUT2D eigenvalue weighted by molar-refractivity contribution is 0.815. The van der Waals surface area contributed by atoms with Crippen molar-refractivity contribution >= 4 is 27.7 Å². The predicted molar refractivity (Wildman–Crippen MR) is 72.4 cm³/mol. The van der Waals surface area contributed by atoms with Crippen LogP contribution >= 0.6 is 27.7 Å². The zero-order valence-electron chi connectivity index (χ0n) is 9.46. The molecule has 0 aliphatic rings. The van der Waals surface area contributed by atoms with Crippen LogP contribution in [0, 0.1) is 0 Å². The largest absolute Gasteiger partial charge is 0.324 e. The average Bonchev–Trinajstić information content (AvgIpc) is 2.20. The first-order chi connectivity index (χ1) is 7.04. The van der Waals surface area contributed by atoms with Crippen LogP contribution < -0.4 is 5.73 Å². The summed E-state index contributed by atoms with van der Waals surface area (Å²) >= 11 is 5.50. The molecule has 0 spiro atoms. The number of nitrogens with two attached hydrogens (primary N) is 1. The zero-order chi connectivity index (χ0) is 11.4. The first-order valence-electron chi connectivity index (χ1n) is 5.26. The Morgan fingerprint density at radius 1 is 1.40 bits per heavy atom. The number of benzene rings is 1. The lowest BCUT2D eigenvalue weighted by Crippen LogP contribution is -2.04. The number of thioether (sulfide) groups is 1. The van der Waals surface area contributed by atoms with E-state index in [2.05, 4.69) is 48.0 Å². The van der Waals surface area contributed by atoms with Gasteiger partial charge in [0.25, 0.3) is 0 Å². The highest BCUT2D eigenvalue weighted by Gasteiger charge is 2.07. The van der Waals surface area contributed by atoms with Gasteiger partial charge in [-0.3, -0.25) is 0 Å². The molecule has 3 heteroatoms. The lowest BCUT2D eigenvalue weighted by atomic mass is 10.1. The van der Waals surface area contributed by atoms with Gasteiger partial charge in [0.15, 0.2) is 0 Å². The minimum absolute atomic E-state index is 0.101. The molecular weight excluding hydrogens is 270 g/mol. The van der Waals surface area contributed by atoms with Gasteiger partial charge in [-0.2, -0.15) is 0 Å². The van der Waals surface area contributed by atoms with Crippen molar-refractivity contribution in [2.75, 3.05) is 0 Å². The minimum Gasteiger partial charge on any atom is -0.324 e. The van der Waals surface area contributed by atoms with Crippen molar-refractivity contribution in [1.82, 2.24) is 0 Å². The molecule has 1 nitrogen and oxygen atoms in total. The molecule has 0 saturated heterocycles. The van der Waals surface area contributed by atoms with E-state index in [0.717, 1.165) is 4.47 Å². The fourth-order valence-corrected chi connectivity index (χ4v) is 2.79. The third-order valence-corrected chi connectivity index (χ3v) is 4.65. The van der Waals surface area contributed by atoms with E-state index in [4.69, 9.17) is 5.73 Å². The van der Waals surface area contributed by atoms with Crippen LogP contribution in [0.3, 0.4) is 0 Å². The highest BCUT2D eigenvalue weighted by molar-refractivity contribution is 9.10. The summed E-state index contributed by atoms with van der Waals surface area (Å²) in [5, 5.41) is 0.655. The van der Waals surface area contributed by atoms with E-state index in [1.54, 1.807) is 0 Å². The summed E-state index contributed by atoms with van der Waals surface area (Å²) in [5.74, 6) is 0. The van der Waals surface area contributed by atoms with Gasteiger partial charge < -0.3 is 5.73 Å². The van der Waals surface area contributed by atoms with Gasteiger partial charge in [0.2, 0.25) is 0 Å². The molecule has 0 bridgehead atoms. The highest BCUT2D eigenvalue weighted by Crippen LogP contribution is 2.33. The van der Waals surface area contributed by atoms with E-state index in [0.29, 0.717) is 5.25 Å². The van der Waals surface area contributed by atoms with Crippen LogP contribution in [-0.4, -0.2) is 5.25 Å². The van der Waals surface area contributed by atoms with Crippen molar-refractivity contribution in [2.24, 2.45) is 5.73 Å². The molecule has 0 saturated carbocycles. The Morgan fingerprint density at radius 3 is 2.53 bits per heavy atom. The van der Waals surface area contributed by atoms with Crippen molar-refractivity contribution in [3.05, 3.63) is 28.2 Å². The van der Waals surface area contributed by atoms with Gasteiger partial charge in [-0.15, -0.1) is 11.8 Å². The maximum Gasteiger partial charge on any atom is 0.0314 e. The van der Waals surface area contributed by atoms with Crippen molar-refractivity contribution in [3.63, 3.8) is 0 Å². The Bertz CT molecular complexity index is 325. The maximum absolute atomic E-state index is 5.83. The second-order valence-corrected chi connectivity index (χ2v) is 6.15. The second kappa shape index (κ2) is 5.92. The first-order valence-corrected chi connectivity index (χ1v) is 6.93. The predicted octanol–water partition coefficient (Wildman–Crippen LogP) is 4.36. The number of hydrogen-bond acceptors (Lipinski definition) is 2. The molecule has 0 heterocycles. The van der Waals surface area contributed by atoms with Gasteiger partial charge in [0.05, 0.1) is 0 Å². The topological polar surface area (TPSA) is 26.0 Å². The van der Waals surface area contributed by atoms with Crippen molar-refractivity contribution in [1.29, 1.82) is 0 Å². The molecule has 0 amide bonds. The molecular formula is C12H18BrNS. The van der Waals surface area contributed by atoms with E-state index in [-0.39, 0.29) is 6.04 Å². The standard InChI is InChI=1S/C12H18BrNS/c1-4-8(2)15-12-6-5-10(9(3)14)7-11(12)13/h5-9H,4,14H2,1-3H3. The Labute approximate surface area is 105 Å². The van der Waals surface area contributed by atoms with Crippen molar-refractivity contribution in [2.45, 2.75) is 43.4 Å². The van der Waals surface area contributed by atoms with Crippen LogP contribution in [0.5, 0.6) is 0 Å².